The van der Waals surface area contributed by atoms with Crippen LogP contribution in [0.25, 0.3) is 0 Å². The van der Waals surface area contributed by atoms with E-state index in [4.69, 9.17) is 5.11 Å². The fraction of sp³-hybridized carbons (Fsp3) is 0.273. The first-order valence-corrected chi connectivity index (χ1v) is 6.16. The summed E-state index contributed by atoms with van der Waals surface area (Å²) in [6, 6.07) is 3.17. The van der Waals surface area contributed by atoms with Crippen LogP contribution in [0.3, 0.4) is 0 Å². The number of carboxylic acids is 1. The summed E-state index contributed by atoms with van der Waals surface area (Å²) in [5, 5.41) is 10.4. The van der Waals surface area contributed by atoms with E-state index in [-0.39, 0.29) is 10.6 Å². The number of carboxylic acid groups (broad SMARTS) is 1. The number of halogens is 4. The molecule has 0 aliphatic heterocycles. The van der Waals surface area contributed by atoms with Gasteiger partial charge in [-0.3, -0.25) is 4.79 Å². The molecule has 0 bridgehead atoms. The summed E-state index contributed by atoms with van der Waals surface area (Å²) in [6.45, 7) is -1.43. The van der Waals surface area contributed by atoms with Gasteiger partial charge in [0.25, 0.3) is 0 Å². The van der Waals surface area contributed by atoms with Gasteiger partial charge in [0.05, 0.1) is 11.3 Å². The van der Waals surface area contributed by atoms with E-state index in [1.54, 1.807) is 5.32 Å². The first-order chi connectivity index (χ1) is 9.19. The third-order valence-corrected chi connectivity index (χ3v) is 3.02. The van der Waals surface area contributed by atoms with Crippen LogP contribution in [0.2, 0.25) is 0 Å². The minimum Gasteiger partial charge on any atom is -0.478 e. The minimum absolute atomic E-state index is 0.269. The van der Waals surface area contributed by atoms with Crippen LogP contribution in [0.1, 0.15) is 10.4 Å². The van der Waals surface area contributed by atoms with E-state index in [1.807, 2.05) is 0 Å². The van der Waals surface area contributed by atoms with E-state index in [2.05, 4.69) is 0 Å². The Balaban J connectivity index is 2.56. The number of nitrogens with one attached hydrogen (secondary N) is 1. The summed E-state index contributed by atoms with van der Waals surface area (Å²) < 4.78 is 48.6. The predicted octanol–water partition coefficient (Wildman–Crippen LogP) is 2.29. The molecule has 20 heavy (non-hydrogen) atoms. The second-order valence-electron chi connectivity index (χ2n) is 3.63. The van der Waals surface area contributed by atoms with Crippen LogP contribution in [0.4, 0.5) is 17.6 Å². The van der Waals surface area contributed by atoms with Crippen molar-refractivity contribution in [3.8, 4) is 0 Å². The normalized spacial score (nSPS) is 11.2. The van der Waals surface area contributed by atoms with Crippen molar-refractivity contribution < 1.29 is 32.3 Å². The molecule has 2 N–H and O–H groups in total. The van der Waals surface area contributed by atoms with Crippen molar-refractivity contribution in [2.24, 2.45) is 0 Å². The molecule has 9 heteroatoms. The lowest BCUT2D eigenvalue weighted by Gasteiger charge is -2.08. The molecule has 0 aliphatic carbocycles. The van der Waals surface area contributed by atoms with Gasteiger partial charge in [0.15, 0.2) is 0 Å². The van der Waals surface area contributed by atoms with E-state index >= 15 is 0 Å². The van der Waals surface area contributed by atoms with Gasteiger partial charge in [-0.25, -0.2) is 9.18 Å². The molecule has 1 rings (SSSR count). The third kappa shape index (κ3) is 5.47. The number of alkyl halides is 3. The van der Waals surface area contributed by atoms with Crippen LogP contribution in [0.15, 0.2) is 23.1 Å². The quantitative estimate of drug-likeness (QED) is 0.647. The number of benzene rings is 1. The van der Waals surface area contributed by atoms with Crippen LogP contribution < -0.4 is 5.32 Å². The van der Waals surface area contributed by atoms with Crippen LogP contribution in [0, 0.1) is 5.82 Å². The summed E-state index contributed by atoms with van der Waals surface area (Å²) in [6.07, 6.45) is -4.49. The van der Waals surface area contributed by atoms with E-state index in [0.717, 1.165) is 23.9 Å². The molecule has 0 fully saturated rings. The fourth-order valence-electron chi connectivity index (χ4n) is 1.16. The van der Waals surface area contributed by atoms with Gasteiger partial charge in [0.2, 0.25) is 5.91 Å². The Morgan fingerprint density at radius 1 is 1.30 bits per heavy atom. The molecule has 1 aromatic rings. The van der Waals surface area contributed by atoms with Crippen molar-refractivity contribution >= 4 is 23.6 Å². The molecule has 1 amide bonds. The Labute approximate surface area is 115 Å². The largest absolute Gasteiger partial charge is 0.478 e. The first-order valence-electron chi connectivity index (χ1n) is 5.18. The molecule has 0 atom stereocenters. The minimum atomic E-state index is -4.49. The lowest BCUT2D eigenvalue weighted by Crippen LogP contribution is -2.34. The van der Waals surface area contributed by atoms with Crippen molar-refractivity contribution in [2.75, 3.05) is 12.3 Å². The zero-order valence-corrected chi connectivity index (χ0v) is 10.6. The second-order valence-corrected chi connectivity index (χ2v) is 4.68. The SMILES string of the molecule is O=C(CSc1ccc(F)c(C(=O)O)c1)NCC(F)(F)F. The van der Waals surface area contributed by atoms with Crippen molar-refractivity contribution in [2.45, 2.75) is 11.1 Å². The van der Waals surface area contributed by atoms with E-state index in [1.165, 1.54) is 6.07 Å². The zero-order chi connectivity index (χ0) is 15.3. The Hall–Kier alpha value is -1.77. The van der Waals surface area contributed by atoms with Crippen molar-refractivity contribution in [1.82, 2.24) is 5.32 Å². The molecule has 0 spiro atoms. The molecule has 0 aliphatic rings. The predicted molar refractivity (Wildman–Crippen MR) is 63.1 cm³/mol. The highest BCUT2D eigenvalue weighted by Crippen LogP contribution is 2.21. The number of hydrogen-bond donors (Lipinski definition) is 2. The van der Waals surface area contributed by atoms with E-state index < -0.39 is 36.0 Å². The Bertz CT molecular complexity index is 519. The fourth-order valence-corrected chi connectivity index (χ4v) is 1.92. The molecule has 4 nitrogen and oxygen atoms in total. The van der Waals surface area contributed by atoms with Gasteiger partial charge in [-0.1, -0.05) is 0 Å². The summed E-state index contributed by atoms with van der Waals surface area (Å²) in [5.41, 5.74) is -0.564. The van der Waals surface area contributed by atoms with Crippen LogP contribution in [-0.2, 0) is 4.79 Å². The molecular formula is C11H9F4NO3S. The van der Waals surface area contributed by atoms with Gasteiger partial charge in [0, 0.05) is 4.90 Å². The molecule has 0 aromatic heterocycles. The van der Waals surface area contributed by atoms with E-state index in [9.17, 15) is 27.2 Å². The number of carbonyl (C=O) groups is 2. The van der Waals surface area contributed by atoms with Crippen LogP contribution >= 0.6 is 11.8 Å². The van der Waals surface area contributed by atoms with E-state index in [0.29, 0.717) is 0 Å². The molecular weight excluding hydrogens is 302 g/mol. The number of hydrogen-bond acceptors (Lipinski definition) is 3. The molecule has 0 saturated heterocycles. The molecule has 1 aromatic carbocycles. The van der Waals surface area contributed by atoms with Crippen molar-refractivity contribution in [3.05, 3.63) is 29.6 Å². The standard InChI is InChI=1S/C11H9F4NO3S/c12-8-2-1-6(3-7(8)10(18)19)20-4-9(17)16-5-11(13,14)15/h1-3H,4-5H2,(H,16,17)(H,18,19). The average molecular weight is 311 g/mol. The topological polar surface area (TPSA) is 66.4 Å². The Morgan fingerprint density at radius 3 is 2.50 bits per heavy atom. The van der Waals surface area contributed by atoms with Crippen molar-refractivity contribution in [3.63, 3.8) is 0 Å². The highest BCUT2D eigenvalue weighted by molar-refractivity contribution is 8.00. The zero-order valence-electron chi connectivity index (χ0n) is 9.83. The summed E-state index contributed by atoms with van der Waals surface area (Å²) in [5.74, 6) is -3.58. The monoisotopic (exact) mass is 311 g/mol. The highest BCUT2D eigenvalue weighted by Gasteiger charge is 2.27. The van der Waals surface area contributed by atoms with Gasteiger partial charge in [-0.2, -0.15) is 13.2 Å². The third-order valence-electron chi connectivity index (χ3n) is 2.02. The van der Waals surface area contributed by atoms with Gasteiger partial charge < -0.3 is 10.4 Å². The number of thioether (sulfide) groups is 1. The second kappa shape index (κ2) is 6.60. The number of aromatic carboxylic acids is 1. The maximum atomic E-state index is 13.1. The smallest absolute Gasteiger partial charge is 0.405 e. The average Bonchev–Trinajstić information content (AvgIpc) is 2.34. The molecule has 110 valence electrons. The maximum Gasteiger partial charge on any atom is 0.405 e. The molecule has 0 saturated carbocycles. The highest BCUT2D eigenvalue weighted by atomic mass is 32.2. The number of carbonyl (C=O) groups excluding carboxylic acids is 1. The van der Waals surface area contributed by atoms with Gasteiger partial charge >= 0.3 is 12.1 Å². The molecule has 0 heterocycles. The van der Waals surface area contributed by atoms with Crippen molar-refractivity contribution in [1.29, 1.82) is 0 Å². The maximum absolute atomic E-state index is 13.1. The number of amides is 1. The number of rotatable bonds is 5. The lowest BCUT2D eigenvalue weighted by atomic mass is 10.2. The summed E-state index contributed by atoms with van der Waals surface area (Å²) in [4.78, 5) is 22.1. The summed E-state index contributed by atoms with van der Waals surface area (Å²) >= 11 is 0.810. The molecule has 0 radical (unpaired) electrons. The lowest BCUT2D eigenvalue weighted by molar-refractivity contribution is -0.136. The Morgan fingerprint density at radius 2 is 1.95 bits per heavy atom. The summed E-state index contributed by atoms with van der Waals surface area (Å²) in [7, 11) is 0. The Kier molecular flexibility index (Phi) is 5.37. The van der Waals surface area contributed by atoms with Crippen LogP contribution in [-0.4, -0.2) is 35.5 Å². The molecule has 0 unspecified atom stereocenters. The van der Waals surface area contributed by atoms with Gasteiger partial charge in [-0.05, 0) is 18.2 Å². The van der Waals surface area contributed by atoms with Crippen LogP contribution in [0.5, 0.6) is 0 Å². The first kappa shape index (κ1) is 16.3. The van der Waals surface area contributed by atoms with Gasteiger partial charge in [-0.15, -0.1) is 11.8 Å². The van der Waals surface area contributed by atoms with Gasteiger partial charge in [0.1, 0.15) is 12.4 Å².